The number of ketones is 1. The number of hydrogen-bond acceptors (Lipinski definition) is 2. The van der Waals surface area contributed by atoms with E-state index in [2.05, 4.69) is 0 Å². The van der Waals surface area contributed by atoms with E-state index in [1.54, 1.807) is 6.92 Å². The minimum absolute atomic E-state index is 0.161. The summed E-state index contributed by atoms with van der Waals surface area (Å²) in [5.41, 5.74) is 0. The maximum absolute atomic E-state index is 12.0. The number of carbonyl (C=O) groups excluding carboxylic acids is 1. The molecule has 1 unspecified atom stereocenters. The van der Waals surface area contributed by atoms with Crippen molar-refractivity contribution < 1.29 is 9.18 Å². The predicted octanol–water partition coefficient (Wildman–Crippen LogP) is 1.22. The highest BCUT2D eigenvalue weighted by Gasteiger charge is 2.13. The fourth-order valence-electron chi connectivity index (χ4n) is 0.445. The molecule has 0 aromatic rings. The Kier molecular flexibility index (Phi) is 3.61. The maximum atomic E-state index is 12.0. The fourth-order valence-corrected chi connectivity index (χ4v) is 0.445. The summed E-state index contributed by atoms with van der Waals surface area (Å²) in [6.07, 6.45) is -1.15. The molecule has 0 heterocycles. The summed E-state index contributed by atoms with van der Waals surface area (Å²) in [4.78, 5) is 10.4. The molecule has 0 fully saturated rings. The standard InChI is InChI=1S/C6H8FNO/c1-2-3-6(9)5(7)4-8/h5H,2-3H2,1H3. The van der Waals surface area contributed by atoms with Gasteiger partial charge in [0.2, 0.25) is 6.17 Å². The van der Waals surface area contributed by atoms with Crippen LogP contribution in [0.5, 0.6) is 0 Å². The number of halogens is 1. The molecule has 0 spiro atoms. The van der Waals surface area contributed by atoms with Crippen LogP contribution >= 0.6 is 0 Å². The van der Waals surface area contributed by atoms with E-state index in [4.69, 9.17) is 5.26 Å². The van der Waals surface area contributed by atoms with E-state index in [1.165, 1.54) is 6.07 Å². The molecule has 0 rings (SSSR count). The molecule has 0 aromatic carbocycles. The van der Waals surface area contributed by atoms with Crippen molar-refractivity contribution in [2.24, 2.45) is 0 Å². The van der Waals surface area contributed by atoms with Crippen LogP contribution in [-0.4, -0.2) is 12.0 Å². The number of carbonyl (C=O) groups is 1. The predicted molar refractivity (Wildman–Crippen MR) is 30.4 cm³/mol. The van der Waals surface area contributed by atoms with Gasteiger partial charge in [-0.05, 0) is 6.42 Å². The smallest absolute Gasteiger partial charge is 0.243 e. The Balaban J connectivity index is 3.63. The average molecular weight is 129 g/mol. The molecule has 3 heteroatoms. The van der Waals surface area contributed by atoms with Gasteiger partial charge in [-0.15, -0.1) is 0 Å². The highest BCUT2D eigenvalue weighted by molar-refractivity contribution is 5.85. The van der Waals surface area contributed by atoms with E-state index in [0.29, 0.717) is 6.42 Å². The van der Waals surface area contributed by atoms with E-state index < -0.39 is 12.0 Å². The van der Waals surface area contributed by atoms with Crippen molar-refractivity contribution in [1.82, 2.24) is 0 Å². The van der Waals surface area contributed by atoms with E-state index in [0.717, 1.165) is 0 Å². The third kappa shape index (κ3) is 2.81. The third-order valence-corrected chi connectivity index (χ3v) is 0.892. The molecule has 0 aliphatic heterocycles. The van der Waals surface area contributed by atoms with Crippen molar-refractivity contribution in [1.29, 1.82) is 5.26 Å². The SMILES string of the molecule is CCCC(=O)C(F)C#N. The molecule has 0 aliphatic carbocycles. The van der Waals surface area contributed by atoms with Crippen molar-refractivity contribution in [2.45, 2.75) is 25.9 Å². The molecule has 0 amide bonds. The monoisotopic (exact) mass is 129 g/mol. The lowest BCUT2D eigenvalue weighted by Gasteiger charge is -1.93. The van der Waals surface area contributed by atoms with E-state index in [1.807, 2.05) is 0 Å². The highest BCUT2D eigenvalue weighted by Crippen LogP contribution is 1.97. The van der Waals surface area contributed by atoms with Gasteiger partial charge in [-0.2, -0.15) is 5.26 Å². The Labute approximate surface area is 53.3 Å². The topological polar surface area (TPSA) is 40.9 Å². The first-order chi connectivity index (χ1) is 4.22. The van der Waals surface area contributed by atoms with Crippen molar-refractivity contribution in [2.75, 3.05) is 0 Å². The second-order valence-electron chi connectivity index (χ2n) is 1.71. The van der Waals surface area contributed by atoms with Gasteiger partial charge >= 0.3 is 0 Å². The molecule has 0 radical (unpaired) electrons. The van der Waals surface area contributed by atoms with Gasteiger partial charge < -0.3 is 0 Å². The van der Waals surface area contributed by atoms with E-state index in [-0.39, 0.29) is 6.42 Å². The summed E-state index contributed by atoms with van der Waals surface area (Å²) >= 11 is 0. The summed E-state index contributed by atoms with van der Waals surface area (Å²) < 4.78 is 12.0. The van der Waals surface area contributed by atoms with Gasteiger partial charge in [-0.25, -0.2) is 4.39 Å². The molecule has 0 saturated heterocycles. The van der Waals surface area contributed by atoms with Crippen LogP contribution in [-0.2, 0) is 4.79 Å². The molecule has 0 bridgehead atoms. The number of Topliss-reactive ketones (excluding diaryl/α,β-unsaturated/α-hetero) is 1. The van der Waals surface area contributed by atoms with Crippen molar-refractivity contribution in [3.8, 4) is 6.07 Å². The molecular formula is C6H8FNO. The molecule has 50 valence electrons. The van der Waals surface area contributed by atoms with E-state index >= 15 is 0 Å². The number of alkyl halides is 1. The molecule has 0 N–H and O–H groups in total. The first-order valence-electron chi connectivity index (χ1n) is 2.78. The average Bonchev–Trinajstić information content (AvgIpc) is 1.87. The van der Waals surface area contributed by atoms with Crippen LogP contribution in [0, 0.1) is 11.3 Å². The van der Waals surface area contributed by atoms with Crippen LogP contribution in [0.4, 0.5) is 4.39 Å². The summed E-state index contributed by atoms with van der Waals surface area (Å²) in [7, 11) is 0. The van der Waals surface area contributed by atoms with Gasteiger partial charge in [-0.3, -0.25) is 4.79 Å². The van der Waals surface area contributed by atoms with Crippen LogP contribution in [0.15, 0.2) is 0 Å². The Morgan fingerprint density at radius 2 is 2.44 bits per heavy atom. The van der Waals surface area contributed by atoms with Gasteiger partial charge in [0, 0.05) is 6.42 Å². The van der Waals surface area contributed by atoms with Crippen LogP contribution in [0.3, 0.4) is 0 Å². The van der Waals surface area contributed by atoms with Gasteiger partial charge in [-0.1, -0.05) is 6.92 Å². The highest BCUT2D eigenvalue weighted by atomic mass is 19.1. The number of nitriles is 1. The largest absolute Gasteiger partial charge is 0.295 e. The summed E-state index contributed by atoms with van der Waals surface area (Å²) in [6.45, 7) is 1.77. The molecule has 1 atom stereocenters. The lowest BCUT2D eigenvalue weighted by atomic mass is 10.2. The van der Waals surface area contributed by atoms with Crippen LogP contribution in [0.2, 0.25) is 0 Å². The lowest BCUT2D eigenvalue weighted by molar-refractivity contribution is -0.122. The van der Waals surface area contributed by atoms with Crippen molar-refractivity contribution in [3.05, 3.63) is 0 Å². The molecule has 0 aliphatic rings. The van der Waals surface area contributed by atoms with Crippen LogP contribution < -0.4 is 0 Å². The third-order valence-electron chi connectivity index (χ3n) is 0.892. The zero-order valence-electron chi connectivity index (χ0n) is 5.22. The normalized spacial score (nSPS) is 12.1. The molecular weight excluding hydrogens is 121 g/mol. The van der Waals surface area contributed by atoms with Gasteiger partial charge in [0.1, 0.15) is 6.07 Å². The number of nitrogens with zero attached hydrogens (tertiary/aromatic N) is 1. The molecule has 2 nitrogen and oxygen atoms in total. The zero-order chi connectivity index (χ0) is 7.28. The lowest BCUT2D eigenvalue weighted by Crippen LogP contribution is -2.11. The number of rotatable bonds is 3. The van der Waals surface area contributed by atoms with Gasteiger partial charge in [0.05, 0.1) is 0 Å². The first kappa shape index (κ1) is 8.09. The number of hydrogen-bond donors (Lipinski definition) is 0. The fraction of sp³-hybridized carbons (Fsp3) is 0.667. The Bertz CT molecular complexity index is 138. The first-order valence-corrected chi connectivity index (χ1v) is 2.78. The van der Waals surface area contributed by atoms with Crippen LogP contribution in [0.1, 0.15) is 19.8 Å². The second-order valence-corrected chi connectivity index (χ2v) is 1.71. The molecule has 0 saturated carbocycles. The van der Waals surface area contributed by atoms with Gasteiger partial charge in [0.15, 0.2) is 5.78 Å². The van der Waals surface area contributed by atoms with Crippen LogP contribution in [0.25, 0.3) is 0 Å². The minimum atomic E-state index is -1.91. The van der Waals surface area contributed by atoms with Crippen molar-refractivity contribution in [3.63, 3.8) is 0 Å². The van der Waals surface area contributed by atoms with Gasteiger partial charge in [0.25, 0.3) is 0 Å². The zero-order valence-corrected chi connectivity index (χ0v) is 5.22. The van der Waals surface area contributed by atoms with Crippen molar-refractivity contribution >= 4 is 5.78 Å². The van der Waals surface area contributed by atoms with E-state index in [9.17, 15) is 9.18 Å². The minimum Gasteiger partial charge on any atom is -0.295 e. The Hall–Kier alpha value is -0.910. The second kappa shape index (κ2) is 4.02. The quantitative estimate of drug-likeness (QED) is 0.574. The summed E-state index contributed by atoms with van der Waals surface area (Å²) in [6, 6.07) is 1.23. The molecule has 9 heavy (non-hydrogen) atoms. The summed E-state index contributed by atoms with van der Waals surface area (Å²) in [5, 5.41) is 7.89. The summed E-state index contributed by atoms with van der Waals surface area (Å²) in [5.74, 6) is -0.611. The molecule has 0 aromatic heterocycles. The maximum Gasteiger partial charge on any atom is 0.243 e. The Morgan fingerprint density at radius 3 is 2.78 bits per heavy atom. The Morgan fingerprint density at radius 1 is 1.89 bits per heavy atom.